The highest BCUT2D eigenvalue weighted by Crippen LogP contribution is 2.30. The number of amides is 1. The summed E-state index contributed by atoms with van der Waals surface area (Å²) in [5.74, 6) is 1.78. The normalized spacial score (nSPS) is 13.4. The number of nitrogens with one attached hydrogen (secondary N) is 1. The van der Waals surface area contributed by atoms with Crippen molar-refractivity contribution in [2.45, 2.75) is 33.2 Å². The molecule has 0 spiro atoms. The molecule has 0 saturated carbocycles. The van der Waals surface area contributed by atoms with Crippen molar-refractivity contribution >= 4 is 5.91 Å². The van der Waals surface area contributed by atoms with Crippen molar-refractivity contribution in [3.63, 3.8) is 0 Å². The first kappa shape index (κ1) is 13.7. The molecule has 4 nitrogen and oxygen atoms in total. The van der Waals surface area contributed by atoms with Gasteiger partial charge in [0.15, 0.2) is 11.5 Å². The first-order valence-electron chi connectivity index (χ1n) is 6.90. The number of hydrogen-bond acceptors (Lipinski definition) is 3. The maximum Gasteiger partial charge on any atom is 0.223 e. The van der Waals surface area contributed by atoms with Gasteiger partial charge in [0.2, 0.25) is 5.91 Å². The molecule has 0 aliphatic carbocycles. The first-order valence-corrected chi connectivity index (χ1v) is 6.90. The van der Waals surface area contributed by atoms with E-state index in [-0.39, 0.29) is 11.8 Å². The number of ether oxygens (including phenoxy) is 2. The Morgan fingerprint density at radius 1 is 1.21 bits per heavy atom. The lowest BCUT2D eigenvalue weighted by Crippen LogP contribution is -2.29. The highest BCUT2D eigenvalue weighted by atomic mass is 16.6. The van der Waals surface area contributed by atoms with Gasteiger partial charge in [0.25, 0.3) is 0 Å². The molecule has 1 aromatic rings. The van der Waals surface area contributed by atoms with Gasteiger partial charge in [-0.1, -0.05) is 19.9 Å². The molecule has 0 bridgehead atoms. The van der Waals surface area contributed by atoms with Gasteiger partial charge in [-0.3, -0.25) is 4.79 Å². The van der Waals surface area contributed by atoms with Crippen LogP contribution in [0.2, 0.25) is 0 Å². The van der Waals surface area contributed by atoms with E-state index in [0.717, 1.165) is 29.9 Å². The van der Waals surface area contributed by atoms with E-state index in [1.807, 2.05) is 32.0 Å². The molecule has 0 unspecified atom stereocenters. The van der Waals surface area contributed by atoms with E-state index >= 15 is 0 Å². The van der Waals surface area contributed by atoms with Gasteiger partial charge in [-0.25, -0.2) is 0 Å². The molecule has 1 aliphatic rings. The molecule has 19 heavy (non-hydrogen) atoms. The van der Waals surface area contributed by atoms with E-state index in [2.05, 4.69) is 5.32 Å². The molecule has 1 N–H and O–H groups in total. The average molecular weight is 263 g/mol. The summed E-state index contributed by atoms with van der Waals surface area (Å²) in [6.07, 6.45) is 1.76. The zero-order chi connectivity index (χ0) is 13.7. The average Bonchev–Trinajstić information content (AvgIpc) is 2.46. The quantitative estimate of drug-likeness (QED) is 0.888. The third kappa shape index (κ3) is 3.40. The van der Waals surface area contributed by atoms with Crippen molar-refractivity contribution in [2.24, 2.45) is 5.92 Å². The minimum Gasteiger partial charge on any atom is -0.486 e. The summed E-state index contributed by atoms with van der Waals surface area (Å²) >= 11 is 0. The fraction of sp³-hybridized carbons (Fsp3) is 0.533. The Labute approximate surface area is 114 Å². The minimum absolute atomic E-state index is 0.109. The van der Waals surface area contributed by atoms with Crippen molar-refractivity contribution in [1.82, 2.24) is 5.32 Å². The topological polar surface area (TPSA) is 47.6 Å². The van der Waals surface area contributed by atoms with Crippen LogP contribution in [0.5, 0.6) is 11.5 Å². The first-order chi connectivity index (χ1) is 9.24. The predicted octanol–water partition coefficient (Wildman–Crippen LogP) is 2.51. The minimum atomic E-state index is 0.109. The van der Waals surface area contributed by atoms with Crippen LogP contribution in [0.15, 0.2) is 18.2 Å². The Morgan fingerprint density at radius 3 is 2.58 bits per heavy atom. The van der Waals surface area contributed by atoms with Crippen LogP contribution < -0.4 is 14.8 Å². The lowest BCUT2D eigenvalue weighted by Gasteiger charge is -2.19. The van der Waals surface area contributed by atoms with E-state index in [1.54, 1.807) is 0 Å². The fourth-order valence-corrected chi connectivity index (χ4v) is 2.19. The number of hydrogen-bond donors (Lipinski definition) is 1. The Morgan fingerprint density at radius 2 is 1.89 bits per heavy atom. The number of fused-ring (bicyclic) bond motifs is 1. The molecular formula is C15H21NO3. The van der Waals surface area contributed by atoms with E-state index in [4.69, 9.17) is 9.47 Å². The molecule has 0 aromatic heterocycles. The number of carbonyl (C=O) groups excluding carboxylic acids is 1. The number of benzene rings is 1. The molecule has 4 heteroatoms. The number of carbonyl (C=O) groups is 1. The van der Waals surface area contributed by atoms with Crippen LogP contribution in [0.1, 0.15) is 32.3 Å². The molecule has 0 radical (unpaired) electrons. The summed E-state index contributed by atoms with van der Waals surface area (Å²) in [5, 5.41) is 2.97. The molecule has 1 amide bonds. The van der Waals surface area contributed by atoms with Crippen LogP contribution in [-0.4, -0.2) is 19.1 Å². The largest absolute Gasteiger partial charge is 0.486 e. The summed E-state index contributed by atoms with van der Waals surface area (Å²) in [6.45, 7) is 5.79. The molecule has 0 saturated heterocycles. The Balaban J connectivity index is 1.94. The second-order valence-corrected chi connectivity index (χ2v) is 4.71. The second kappa shape index (κ2) is 6.45. The summed E-state index contributed by atoms with van der Waals surface area (Å²) < 4.78 is 11.0. The molecule has 1 aliphatic heterocycles. The summed E-state index contributed by atoms with van der Waals surface area (Å²) in [5.41, 5.74) is 1.03. The van der Waals surface area contributed by atoms with Crippen LogP contribution in [-0.2, 0) is 11.3 Å². The lowest BCUT2D eigenvalue weighted by atomic mass is 10.0. The maximum atomic E-state index is 11.9. The van der Waals surface area contributed by atoms with Crippen LogP contribution in [0.3, 0.4) is 0 Å². The maximum absolute atomic E-state index is 11.9. The molecule has 1 aromatic carbocycles. The van der Waals surface area contributed by atoms with Crippen LogP contribution >= 0.6 is 0 Å². The smallest absolute Gasteiger partial charge is 0.223 e. The SMILES string of the molecule is CCC(CC)C(=O)NCc1ccc2c(c1)OCCO2. The highest BCUT2D eigenvalue weighted by Gasteiger charge is 2.15. The van der Waals surface area contributed by atoms with Crippen LogP contribution in [0.4, 0.5) is 0 Å². The van der Waals surface area contributed by atoms with Crippen molar-refractivity contribution < 1.29 is 14.3 Å². The summed E-state index contributed by atoms with van der Waals surface area (Å²) in [6, 6.07) is 5.79. The third-order valence-corrected chi connectivity index (χ3v) is 3.43. The second-order valence-electron chi connectivity index (χ2n) is 4.71. The van der Waals surface area contributed by atoms with Gasteiger partial charge in [0.05, 0.1) is 0 Å². The number of rotatable bonds is 5. The van der Waals surface area contributed by atoms with Gasteiger partial charge in [0.1, 0.15) is 13.2 Å². The Bertz CT molecular complexity index is 441. The highest BCUT2D eigenvalue weighted by molar-refractivity contribution is 5.78. The zero-order valence-electron chi connectivity index (χ0n) is 11.6. The van der Waals surface area contributed by atoms with Crippen LogP contribution in [0.25, 0.3) is 0 Å². The summed E-state index contributed by atoms with van der Waals surface area (Å²) in [4.78, 5) is 11.9. The predicted molar refractivity (Wildman–Crippen MR) is 73.4 cm³/mol. The Hall–Kier alpha value is -1.71. The molecule has 0 fully saturated rings. The van der Waals surface area contributed by atoms with Crippen molar-refractivity contribution in [1.29, 1.82) is 0 Å². The van der Waals surface area contributed by atoms with Gasteiger partial charge in [-0.2, -0.15) is 0 Å². The Kier molecular flexibility index (Phi) is 4.66. The third-order valence-electron chi connectivity index (χ3n) is 3.43. The van der Waals surface area contributed by atoms with Gasteiger partial charge in [0, 0.05) is 12.5 Å². The van der Waals surface area contributed by atoms with E-state index < -0.39 is 0 Å². The standard InChI is InChI=1S/C15H21NO3/c1-3-12(4-2)15(17)16-10-11-5-6-13-14(9-11)19-8-7-18-13/h5-6,9,12H,3-4,7-8,10H2,1-2H3,(H,16,17). The van der Waals surface area contributed by atoms with Gasteiger partial charge >= 0.3 is 0 Å². The fourth-order valence-electron chi connectivity index (χ4n) is 2.19. The van der Waals surface area contributed by atoms with E-state index in [9.17, 15) is 4.79 Å². The zero-order valence-corrected chi connectivity index (χ0v) is 11.6. The van der Waals surface area contributed by atoms with Crippen molar-refractivity contribution in [2.75, 3.05) is 13.2 Å². The van der Waals surface area contributed by atoms with Gasteiger partial charge in [-0.05, 0) is 30.5 Å². The lowest BCUT2D eigenvalue weighted by molar-refractivity contribution is -0.125. The molecular weight excluding hydrogens is 242 g/mol. The van der Waals surface area contributed by atoms with E-state index in [1.165, 1.54) is 0 Å². The molecule has 0 atom stereocenters. The monoisotopic (exact) mass is 263 g/mol. The van der Waals surface area contributed by atoms with Crippen molar-refractivity contribution in [3.05, 3.63) is 23.8 Å². The van der Waals surface area contributed by atoms with Crippen LogP contribution in [0, 0.1) is 5.92 Å². The van der Waals surface area contributed by atoms with Gasteiger partial charge < -0.3 is 14.8 Å². The summed E-state index contributed by atoms with van der Waals surface area (Å²) in [7, 11) is 0. The van der Waals surface area contributed by atoms with Crippen molar-refractivity contribution in [3.8, 4) is 11.5 Å². The van der Waals surface area contributed by atoms with Gasteiger partial charge in [-0.15, -0.1) is 0 Å². The molecule has 104 valence electrons. The molecule has 1 heterocycles. The van der Waals surface area contributed by atoms with E-state index in [0.29, 0.717) is 19.8 Å². The molecule has 2 rings (SSSR count).